The van der Waals surface area contributed by atoms with Crippen molar-refractivity contribution in [3.8, 4) is 5.88 Å². The number of aromatic nitrogens is 2. The van der Waals surface area contributed by atoms with Crippen LogP contribution < -0.4 is 4.74 Å². The third kappa shape index (κ3) is 4.23. The van der Waals surface area contributed by atoms with Crippen LogP contribution in [-0.4, -0.2) is 42.1 Å². The molecular weight excluding hydrogens is 350 g/mol. The van der Waals surface area contributed by atoms with E-state index in [1.165, 1.54) is 4.31 Å². The largest absolute Gasteiger partial charge is 0.472 e. The summed E-state index contributed by atoms with van der Waals surface area (Å²) >= 11 is 5.83. The molecule has 3 rings (SSSR count). The molecule has 0 spiro atoms. The second kappa shape index (κ2) is 7.04. The van der Waals surface area contributed by atoms with E-state index < -0.39 is 10.0 Å². The molecule has 0 saturated carbocycles. The molecule has 1 aromatic heterocycles. The summed E-state index contributed by atoms with van der Waals surface area (Å²) in [5.74, 6) is 0.379. The van der Waals surface area contributed by atoms with Gasteiger partial charge < -0.3 is 4.74 Å². The minimum absolute atomic E-state index is 0.0405. The summed E-state index contributed by atoms with van der Waals surface area (Å²) < 4.78 is 32.3. The number of rotatable bonds is 5. The summed E-state index contributed by atoms with van der Waals surface area (Å²) in [7, 11) is -3.38. The molecule has 2 heterocycles. The number of hydrogen-bond donors (Lipinski definition) is 0. The van der Waals surface area contributed by atoms with E-state index >= 15 is 0 Å². The fourth-order valence-corrected chi connectivity index (χ4v) is 4.25. The summed E-state index contributed by atoms with van der Waals surface area (Å²) in [5, 5.41) is 8.47. The van der Waals surface area contributed by atoms with Gasteiger partial charge in [0, 0.05) is 17.6 Å². The fourth-order valence-electron chi connectivity index (χ4n) is 2.55. The van der Waals surface area contributed by atoms with Gasteiger partial charge in [-0.05, 0) is 37.1 Å². The average Bonchev–Trinajstić information content (AvgIpc) is 3.01. The lowest BCUT2D eigenvalue weighted by Crippen LogP contribution is -2.32. The van der Waals surface area contributed by atoms with Crippen LogP contribution in [0.25, 0.3) is 0 Å². The monoisotopic (exact) mass is 367 g/mol. The number of halogens is 1. The Hall–Kier alpha value is -1.70. The first-order valence-electron chi connectivity index (χ1n) is 7.62. The van der Waals surface area contributed by atoms with Gasteiger partial charge in [-0.15, -0.1) is 5.10 Å². The molecule has 8 heteroatoms. The zero-order valence-corrected chi connectivity index (χ0v) is 14.8. The molecule has 1 aliphatic rings. The highest BCUT2D eigenvalue weighted by molar-refractivity contribution is 7.88. The minimum Gasteiger partial charge on any atom is -0.472 e. The Bertz CT molecular complexity index is 794. The standard InChI is InChI=1S/C16H18ClN3O3S/c1-12-2-7-16(19-18-12)23-15-8-9-20(10-15)24(21,22)11-13-3-5-14(17)6-4-13/h2-7,15H,8-11H2,1H3. The number of benzene rings is 1. The smallest absolute Gasteiger partial charge is 0.233 e. The Morgan fingerprint density at radius 3 is 2.62 bits per heavy atom. The molecule has 0 amide bonds. The van der Waals surface area contributed by atoms with Crippen molar-refractivity contribution < 1.29 is 13.2 Å². The Morgan fingerprint density at radius 1 is 1.21 bits per heavy atom. The van der Waals surface area contributed by atoms with Crippen LogP contribution in [-0.2, 0) is 15.8 Å². The van der Waals surface area contributed by atoms with Gasteiger partial charge in [0.25, 0.3) is 0 Å². The summed E-state index contributed by atoms with van der Waals surface area (Å²) in [6, 6.07) is 10.4. The molecule has 1 aromatic carbocycles. The summed E-state index contributed by atoms with van der Waals surface area (Å²) in [5.41, 5.74) is 1.52. The number of aryl methyl sites for hydroxylation is 1. The lowest BCUT2D eigenvalue weighted by atomic mass is 10.2. The topological polar surface area (TPSA) is 72.4 Å². The predicted molar refractivity (Wildman–Crippen MR) is 91.5 cm³/mol. The maximum absolute atomic E-state index is 12.5. The third-order valence-electron chi connectivity index (χ3n) is 3.82. The summed E-state index contributed by atoms with van der Waals surface area (Å²) in [6.45, 7) is 2.61. The molecule has 0 aliphatic carbocycles. The van der Waals surface area contributed by atoms with Crippen LogP contribution in [0.2, 0.25) is 5.02 Å². The molecule has 24 heavy (non-hydrogen) atoms. The summed E-state index contributed by atoms with van der Waals surface area (Å²) in [4.78, 5) is 0. The lowest BCUT2D eigenvalue weighted by molar-refractivity contribution is 0.204. The molecule has 1 aliphatic heterocycles. The first-order valence-corrected chi connectivity index (χ1v) is 9.60. The zero-order chi connectivity index (χ0) is 17.2. The van der Waals surface area contributed by atoms with Gasteiger partial charge in [-0.1, -0.05) is 23.7 Å². The van der Waals surface area contributed by atoms with E-state index in [0.717, 1.165) is 5.69 Å². The first-order chi connectivity index (χ1) is 11.4. The predicted octanol–water partition coefficient (Wildman–Crippen LogP) is 2.42. The minimum atomic E-state index is -3.38. The molecule has 1 fully saturated rings. The fraction of sp³-hybridized carbons (Fsp3) is 0.375. The first kappa shape index (κ1) is 17.1. The Balaban J connectivity index is 1.61. The highest BCUT2D eigenvalue weighted by Crippen LogP contribution is 2.21. The number of ether oxygens (including phenoxy) is 1. The Labute approximate surface area is 146 Å². The highest BCUT2D eigenvalue weighted by atomic mass is 35.5. The molecule has 1 atom stereocenters. The van der Waals surface area contributed by atoms with E-state index in [1.807, 2.05) is 13.0 Å². The van der Waals surface area contributed by atoms with E-state index in [4.69, 9.17) is 16.3 Å². The second-order valence-corrected chi connectivity index (χ2v) is 8.19. The molecule has 1 unspecified atom stereocenters. The van der Waals surface area contributed by atoms with E-state index in [1.54, 1.807) is 30.3 Å². The molecule has 0 N–H and O–H groups in total. The van der Waals surface area contributed by atoms with Gasteiger partial charge in [0.2, 0.25) is 15.9 Å². The molecule has 1 saturated heterocycles. The maximum atomic E-state index is 12.5. The zero-order valence-electron chi connectivity index (χ0n) is 13.2. The van der Waals surface area contributed by atoms with Crippen molar-refractivity contribution >= 4 is 21.6 Å². The van der Waals surface area contributed by atoms with E-state index in [0.29, 0.717) is 36.0 Å². The van der Waals surface area contributed by atoms with Crippen LogP contribution in [0.4, 0.5) is 0 Å². The van der Waals surface area contributed by atoms with E-state index in [2.05, 4.69) is 10.2 Å². The highest BCUT2D eigenvalue weighted by Gasteiger charge is 2.32. The van der Waals surface area contributed by atoms with Gasteiger partial charge in [-0.3, -0.25) is 0 Å². The Kier molecular flexibility index (Phi) is 5.03. The van der Waals surface area contributed by atoms with Crippen molar-refractivity contribution in [3.05, 3.63) is 52.7 Å². The van der Waals surface area contributed by atoms with Crippen LogP contribution in [0.1, 0.15) is 17.7 Å². The normalized spacial score (nSPS) is 18.7. The van der Waals surface area contributed by atoms with Gasteiger partial charge in [0.1, 0.15) is 6.10 Å². The van der Waals surface area contributed by atoms with Crippen LogP contribution in [0.5, 0.6) is 5.88 Å². The van der Waals surface area contributed by atoms with Gasteiger partial charge in [-0.25, -0.2) is 8.42 Å². The Morgan fingerprint density at radius 2 is 1.96 bits per heavy atom. The van der Waals surface area contributed by atoms with Crippen molar-refractivity contribution in [1.82, 2.24) is 14.5 Å². The van der Waals surface area contributed by atoms with Crippen molar-refractivity contribution in [2.24, 2.45) is 0 Å². The van der Waals surface area contributed by atoms with Crippen LogP contribution in [0.3, 0.4) is 0 Å². The van der Waals surface area contributed by atoms with Crippen LogP contribution in [0.15, 0.2) is 36.4 Å². The second-order valence-electron chi connectivity index (χ2n) is 5.78. The number of nitrogens with zero attached hydrogens (tertiary/aromatic N) is 3. The summed E-state index contributed by atoms with van der Waals surface area (Å²) in [6.07, 6.45) is 0.428. The SMILES string of the molecule is Cc1ccc(OC2CCN(S(=O)(=O)Cc3ccc(Cl)cc3)C2)nn1. The molecule has 0 radical (unpaired) electrons. The van der Waals surface area contributed by atoms with Gasteiger partial charge in [-0.2, -0.15) is 9.40 Å². The van der Waals surface area contributed by atoms with Gasteiger partial charge >= 0.3 is 0 Å². The lowest BCUT2D eigenvalue weighted by Gasteiger charge is -2.17. The molecule has 2 aromatic rings. The molecule has 0 bridgehead atoms. The van der Waals surface area contributed by atoms with Crippen LogP contribution in [0, 0.1) is 6.92 Å². The maximum Gasteiger partial charge on any atom is 0.233 e. The van der Waals surface area contributed by atoms with Crippen LogP contribution >= 0.6 is 11.6 Å². The van der Waals surface area contributed by atoms with E-state index in [9.17, 15) is 8.42 Å². The van der Waals surface area contributed by atoms with Crippen molar-refractivity contribution in [2.75, 3.05) is 13.1 Å². The average molecular weight is 368 g/mol. The van der Waals surface area contributed by atoms with Gasteiger partial charge in [0.05, 0.1) is 18.0 Å². The molecule has 6 nitrogen and oxygen atoms in total. The molecular formula is C16H18ClN3O3S. The van der Waals surface area contributed by atoms with Gasteiger partial charge in [0.15, 0.2) is 0 Å². The number of sulfonamides is 1. The van der Waals surface area contributed by atoms with Crippen molar-refractivity contribution in [3.63, 3.8) is 0 Å². The quantitative estimate of drug-likeness (QED) is 0.811. The van der Waals surface area contributed by atoms with Crippen molar-refractivity contribution in [2.45, 2.75) is 25.2 Å². The molecule has 128 valence electrons. The van der Waals surface area contributed by atoms with Crippen molar-refractivity contribution in [1.29, 1.82) is 0 Å². The third-order valence-corrected chi connectivity index (χ3v) is 5.89. The van der Waals surface area contributed by atoms with E-state index in [-0.39, 0.29) is 11.9 Å². The number of hydrogen-bond acceptors (Lipinski definition) is 5.